The molecular weight excluding hydrogens is 320 g/mol. The van der Waals surface area contributed by atoms with Crippen molar-refractivity contribution < 1.29 is 0 Å². The standard InChI is InChI=1S/C19H24N2O2S/c1-11(2)16-17(22)20-19(23)21(10-14-5-6-14)18(16)24-15-8-12(3)7-13(4)9-15/h7-9,11,14H,5-6,10H2,1-4H3,(H,20,22,23). The van der Waals surface area contributed by atoms with Crippen molar-refractivity contribution in [2.75, 3.05) is 0 Å². The second-order valence-electron chi connectivity index (χ2n) is 7.11. The Balaban J connectivity index is 2.15. The molecule has 0 amide bonds. The van der Waals surface area contributed by atoms with Gasteiger partial charge in [0.1, 0.15) is 0 Å². The Hall–Kier alpha value is -1.75. The molecular formula is C19H24N2O2S. The number of aromatic nitrogens is 2. The number of rotatable bonds is 5. The van der Waals surface area contributed by atoms with E-state index in [0.29, 0.717) is 18.0 Å². The number of hydrogen-bond donors (Lipinski definition) is 1. The van der Waals surface area contributed by atoms with Crippen molar-refractivity contribution >= 4 is 11.8 Å². The third-order valence-electron chi connectivity index (χ3n) is 4.31. The first kappa shape index (κ1) is 17.1. The minimum absolute atomic E-state index is 0.0632. The first-order chi connectivity index (χ1) is 11.3. The minimum atomic E-state index is -0.289. The average molecular weight is 344 g/mol. The number of benzene rings is 1. The Morgan fingerprint density at radius 2 is 1.79 bits per heavy atom. The van der Waals surface area contributed by atoms with E-state index in [9.17, 15) is 9.59 Å². The predicted molar refractivity (Wildman–Crippen MR) is 98.2 cm³/mol. The van der Waals surface area contributed by atoms with E-state index in [1.54, 1.807) is 4.57 Å². The summed E-state index contributed by atoms with van der Waals surface area (Å²) in [5.41, 5.74) is 2.53. The maximum atomic E-state index is 12.4. The van der Waals surface area contributed by atoms with Crippen LogP contribution in [-0.2, 0) is 6.54 Å². The van der Waals surface area contributed by atoms with Crippen LogP contribution < -0.4 is 11.2 Å². The van der Waals surface area contributed by atoms with Crippen molar-refractivity contribution in [3.8, 4) is 0 Å². The fourth-order valence-electron chi connectivity index (χ4n) is 3.01. The Bertz CT molecular complexity index is 856. The van der Waals surface area contributed by atoms with Gasteiger partial charge in [0.15, 0.2) is 0 Å². The van der Waals surface area contributed by atoms with Gasteiger partial charge in [0.2, 0.25) is 0 Å². The van der Waals surface area contributed by atoms with Gasteiger partial charge >= 0.3 is 5.69 Å². The van der Waals surface area contributed by atoms with Crippen LogP contribution in [-0.4, -0.2) is 9.55 Å². The van der Waals surface area contributed by atoms with E-state index >= 15 is 0 Å². The van der Waals surface area contributed by atoms with Crippen molar-refractivity contribution in [2.45, 2.75) is 62.9 Å². The molecule has 0 bridgehead atoms. The van der Waals surface area contributed by atoms with Crippen molar-refractivity contribution in [3.63, 3.8) is 0 Å². The maximum Gasteiger partial charge on any atom is 0.329 e. The minimum Gasteiger partial charge on any atom is -0.287 e. The SMILES string of the molecule is Cc1cc(C)cc(Sc2c(C(C)C)c(=O)[nH]c(=O)n2CC2CC2)c1. The Morgan fingerprint density at radius 3 is 2.33 bits per heavy atom. The molecule has 2 aromatic rings. The van der Waals surface area contributed by atoms with Crippen LogP contribution in [0.1, 0.15) is 49.3 Å². The summed E-state index contributed by atoms with van der Waals surface area (Å²) in [4.78, 5) is 28.4. The number of H-pyrrole nitrogens is 1. The van der Waals surface area contributed by atoms with Gasteiger partial charge in [0, 0.05) is 11.4 Å². The van der Waals surface area contributed by atoms with Gasteiger partial charge in [-0.3, -0.25) is 14.3 Å². The summed E-state index contributed by atoms with van der Waals surface area (Å²) in [6, 6.07) is 6.34. The molecule has 24 heavy (non-hydrogen) atoms. The fraction of sp³-hybridized carbons (Fsp3) is 0.474. The van der Waals surface area contributed by atoms with Crippen LogP contribution in [0.3, 0.4) is 0 Å². The van der Waals surface area contributed by atoms with Gasteiger partial charge in [0.25, 0.3) is 5.56 Å². The first-order valence-corrected chi connectivity index (χ1v) is 9.30. The molecule has 0 spiro atoms. The molecule has 0 saturated heterocycles. The third kappa shape index (κ3) is 3.66. The molecule has 1 fully saturated rings. The first-order valence-electron chi connectivity index (χ1n) is 8.48. The van der Waals surface area contributed by atoms with Crippen molar-refractivity contribution in [1.29, 1.82) is 0 Å². The summed E-state index contributed by atoms with van der Waals surface area (Å²) in [6.45, 7) is 8.83. The summed E-state index contributed by atoms with van der Waals surface area (Å²) >= 11 is 1.54. The summed E-state index contributed by atoms with van der Waals surface area (Å²) in [5.74, 6) is 0.625. The molecule has 128 valence electrons. The molecule has 3 rings (SSSR count). The van der Waals surface area contributed by atoms with Gasteiger partial charge in [-0.05, 0) is 61.8 Å². The Morgan fingerprint density at radius 1 is 1.17 bits per heavy atom. The van der Waals surface area contributed by atoms with Crippen LogP contribution in [0, 0.1) is 19.8 Å². The number of nitrogens with one attached hydrogen (secondary N) is 1. The highest BCUT2D eigenvalue weighted by Crippen LogP contribution is 2.36. The van der Waals surface area contributed by atoms with E-state index < -0.39 is 0 Å². The maximum absolute atomic E-state index is 12.4. The molecule has 1 N–H and O–H groups in total. The molecule has 1 aromatic carbocycles. The summed E-state index contributed by atoms with van der Waals surface area (Å²) < 4.78 is 1.77. The predicted octanol–water partition coefficient (Wildman–Crippen LogP) is 3.84. The largest absolute Gasteiger partial charge is 0.329 e. The zero-order valence-corrected chi connectivity index (χ0v) is 15.5. The molecule has 1 heterocycles. The van der Waals surface area contributed by atoms with Gasteiger partial charge in [-0.25, -0.2) is 4.79 Å². The Kier molecular flexibility index (Phi) is 4.72. The second-order valence-corrected chi connectivity index (χ2v) is 8.17. The number of aryl methyl sites for hydroxylation is 2. The van der Waals surface area contributed by atoms with E-state index in [-0.39, 0.29) is 17.2 Å². The smallest absolute Gasteiger partial charge is 0.287 e. The lowest BCUT2D eigenvalue weighted by Crippen LogP contribution is -2.34. The lowest BCUT2D eigenvalue weighted by atomic mass is 10.1. The summed E-state index contributed by atoms with van der Waals surface area (Å²) in [5, 5.41) is 0.802. The molecule has 4 nitrogen and oxygen atoms in total. The van der Waals surface area contributed by atoms with Crippen LogP contribution >= 0.6 is 11.8 Å². The van der Waals surface area contributed by atoms with Crippen LogP contribution in [0.4, 0.5) is 0 Å². The molecule has 5 heteroatoms. The second kappa shape index (κ2) is 6.63. The van der Waals surface area contributed by atoms with Crippen LogP contribution in [0.5, 0.6) is 0 Å². The zero-order valence-electron chi connectivity index (χ0n) is 14.7. The summed E-state index contributed by atoms with van der Waals surface area (Å²) in [7, 11) is 0. The van der Waals surface area contributed by atoms with E-state index in [2.05, 4.69) is 37.0 Å². The van der Waals surface area contributed by atoms with Crippen molar-refractivity contribution in [3.05, 3.63) is 55.7 Å². The van der Waals surface area contributed by atoms with E-state index in [0.717, 1.165) is 22.8 Å². The molecule has 1 aliphatic carbocycles. The number of hydrogen-bond acceptors (Lipinski definition) is 3. The third-order valence-corrected chi connectivity index (χ3v) is 5.42. The quantitative estimate of drug-likeness (QED) is 0.839. The van der Waals surface area contributed by atoms with E-state index in [1.807, 2.05) is 13.8 Å². The normalized spacial score (nSPS) is 14.4. The molecule has 1 saturated carbocycles. The molecule has 0 unspecified atom stereocenters. The summed E-state index contributed by atoms with van der Waals surface area (Å²) in [6.07, 6.45) is 2.33. The van der Waals surface area contributed by atoms with Gasteiger partial charge < -0.3 is 0 Å². The Labute approximate surface area is 146 Å². The highest BCUT2D eigenvalue weighted by molar-refractivity contribution is 7.99. The van der Waals surface area contributed by atoms with Crippen LogP contribution in [0.15, 0.2) is 37.7 Å². The monoisotopic (exact) mass is 344 g/mol. The molecule has 0 aliphatic heterocycles. The topological polar surface area (TPSA) is 54.9 Å². The molecule has 0 atom stereocenters. The average Bonchev–Trinajstić information content (AvgIpc) is 3.25. The highest BCUT2D eigenvalue weighted by Gasteiger charge is 2.26. The van der Waals surface area contributed by atoms with Crippen molar-refractivity contribution in [1.82, 2.24) is 9.55 Å². The molecule has 1 aliphatic rings. The highest BCUT2D eigenvalue weighted by atomic mass is 32.2. The van der Waals surface area contributed by atoms with E-state index in [4.69, 9.17) is 0 Å². The fourth-order valence-corrected chi connectivity index (χ4v) is 4.43. The van der Waals surface area contributed by atoms with Gasteiger partial charge in [-0.2, -0.15) is 0 Å². The van der Waals surface area contributed by atoms with Gasteiger partial charge in [-0.15, -0.1) is 0 Å². The van der Waals surface area contributed by atoms with Crippen LogP contribution in [0.2, 0.25) is 0 Å². The molecule has 1 aromatic heterocycles. The number of aromatic amines is 1. The number of nitrogens with zero attached hydrogens (tertiary/aromatic N) is 1. The molecule has 0 radical (unpaired) electrons. The van der Waals surface area contributed by atoms with Gasteiger partial charge in [0.05, 0.1) is 10.6 Å². The zero-order chi connectivity index (χ0) is 17.4. The van der Waals surface area contributed by atoms with Crippen molar-refractivity contribution in [2.24, 2.45) is 5.92 Å². The van der Waals surface area contributed by atoms with Gasteiger partial charge in [-0.1, -0.05) is 31.7 Å². The lowest BCUT2D eigenvalue weighted by molar-refractivity contribution is 0.530. The lowest BCUT2D eigenvalue weighted by Gasteiger charge is -2.18. The van der Waals surface area contributed by atoms with E-state index in [1.165, 1.54) is 22.9 Å². The van der Waals surface area contributed by atoms with Crippen LogP contribution in [0.25, 0.3) is 0 Å².